The van der Waals surface area contributed by atoms with Crippen molar-refractivity contribution in [2.45, 2.75) is 31.6 Å². The number of carbonyl (C=O) groups is 1. The van der Waals surface area contributed by atoms with Gasteiger partial charge in [-0.3, -0.25) is 4.79 Å². The number of halogens is 4. The molecule has 1 N–H and O–H groups in total. The molecule has 0 aliphatic carbocycles. The summed E-state index contributed by atoms with van der Waals surface area (Å²) in [5.41, 5.74) is 1.61. The monoisotopic (exact) mass is 441 g/mol. The summed E-state index contributed by atoms with van der Waals surface area (Å²) in [6.45, 7) is 4.26. The molecule has 1 saturated heterocycles. The highest BCUT2D eigenvalue weighted by Crippen LogP contribution is 2.46. The van der Waals surface area contributed by atoms with Gasteiger partial charge in [-0.05, 0) is 19.5 Å². The van der Waals surface area contributed by atoms with Gasteiger partial charge in [0.25, 0.3) is 5.91 Å². The van der Waals surface area contributed by atoms with Crippen LogP contribution < -0.4 is 5.32 Å². The number of benzene rings is 1. The first-order valence-electron chi connectivity index (χ1n) is 9.81. The quantitative estimate of drug-likeness (QED) is 0.768. The van der Waals surface area contributed by atoms with Gasteiger partial charge >= 0.3 is 6.18 Å². The van der Waals surface area contributed by atoms with Crippen LogP contribution in [0.2, 0.25) is 5.02 Å². The van der Waals surface area contributed by atoms with Crippen LogP contribution in [0.3, 0.4) is 0 Å². The van der Waals surface area contributed by atoms with Gasteiger partial charge in [0.05, 0.1) is 6.04 Å². The fourth-order valence-corrected chi connectivity index (χ4v) is 4.16. The summed E-state index contributed by atoms with van der Waals surface area (Å²) in [4.78, 5) is 16.6. The van der Waals surface area contributed by atoms with E-state index >= 15 is 0 Å². The van der Waals surface area contributed by atoms with E-state index in [1.807, 2.05) is 26.1 Å². The second-order valence-corrected chi connectivity index (χ2v) is 8.33. The molecule has 0 radical (unpaired) electrons. The van der Waals surface area contributed by atoms with Crippen LogP contribution in [0, 0.1) is 6.92 Å². The van der Waals surface area contributed by atoms with Gasteiger partial charge in [-0.1, -0.05) is 41.4 Å². The van der Waals surface area contributed by atoms with Crippen molar-refractivity contribution in [2.24, 2.45) is 0 Å². The molecule has 0 spiro atoms. The number of aryl methyl sites for hydroxylation is 1. The summed E-state index contributed by atoms with van der Waals surface area (Å²) >= 11 is 6.41. The second-order valence-electron chi connectivity index (χ2n) is 7.95. The molecule has 2 aliphatic heterocycles. The topological polar surface area (TPSA) is 53.4 Å². The van der Waals surface area contributed by atoms with E-state index in [-0.39, 0.29) is 23.0 Å². The van der Waals surface area contributed by atoms with E-state index in [0.29, 0.717) is 26.2 Å². The molecule has 4 rings (SSSR count). The smallest absolute Gasteiger partial charge is 0.362 e. The maximum atomic E-state index is 13.9. The number of carbonyl (C=O) groups excluding carboxylic acids is 1. The number of nitrogens with one attached hydrogen (secondary N) is 1. The molecule has 0 bridgehead atoms. The maximum Gasteiger partial charge on any atom is 0.410 e. The molecule has 0 saturated carbocycles. The number of piperazine rings is 1. The summed E-state index contributed by atoms with van der Waals surface area (Å²) in [5, 5.41) is 7.05. The molecule has 1 aromatic carbocycles. The highest BCUT2D eigenvalue weighted by Gasteiger charge is 2.48. The van der Waals surface area contributed by atoms with E-state index in [4.69, 9.17) is 11.6 Å². The third kappa shape index (κ3) is 3.88. The molecular formula is C20H23ClF3N5O. The number of hydrogen-bond donors (Lipinski definition) is 1. The van der Waals surface area contributed by atoms with Gasteiger partial charge in [0, 0.05) is 32.6 Å². The molecule has 2 atom stereocenters. The zero-order valence-electron chi connectivity index (χ0n) is 16.7. The van der Waals surface area contributed by atoms with E-state index in [1.165, 1.54) is 0 Å². The van der Waals surface area contributed by atoms with Gasteiger partial charge in [-0.15, -0.1) is 0 Å². The van der Waals surface area contributed by atoms with Crippen LogP contribution in [0.25, 0.3) is 0 Å². The molecule has 2 aliphatic rings. The highest BCUT2D eigenvalue weighted by molar-refractivity contribution is 6.36. The van der Waals surface area contributed by atoms with Crippen molar-refractivity contribution in [1.29, 1.82) is 0 Å². The number of likely N-dealkylation sites (N-methyl/N-ethyl adjacent to an activating group) is 1. The Balaban J connectivity index is 1.69. The van der Waals surface area contributed by atoms with E-state index in [0.717, 1.165) is 15.8 Å². The summed E-state index contributed by atoms with van der Waals surface area (Å²) in [7, 11) is 1.95. The van der Waals surface area contributed by atoms with Crippen molar-refractivity contribution >= 4 is 23.3 Å². The molecule has 0 unspecified atom stereocenters. The van der Waals surface area contributed by atoms with Crippen LogP contribution in [-0.4, -0.2) is 64.9 Å². The van der Waals surface area contributed by atoms with Gasteiger partial charge in [0.15, 0.2) is 11.7 Å². The average Bonchev–Trinajstić information content (AvgIpc) is 3.04. The molecule has 1 aromatic heterocycles. The molecule has 162 valence electrons. The van der Waals surface area contributed by atoms with Gasteiger partial charge < -0.3 is 15.1 Å². The highest BCUT2D eigenvalue weighted by atomic mass is 35.5. The van der Waals surface area contributed by atoms with Crippen LogP contribution in [-0.2, 0) is 0 Å². The Labute approximate surface area is 177 Å². The number of fused-ring (bicyclic) bond motifs is 1. The third-order valence-electron chi connectivity index (χ3n) is 5.77. The van der Waals surface area contributed by atoms with E-state index in [2.05, 4.69) is 15.3 Å². The van der Waals surface area contributed by atoms with Gasteiger partial charge in [0.1, 0.15) is 10.8 Å². The summed E-state index contributed by atoms with van der Waals surface area (Å²) in [6.07, 6.45) is -4.76. The Bertz CT molecular complexity index is 935. The van der Waals surface area contributed by atoms with Crippen molar-refractivity contribution in [3.8, 4) is 0 Å². The lowest BCUT2D eigenvalue weighted by Crippen LogP contribution is -2.47. The summed E-state index contributed by atoms with van der Waals surface area (Å²) in [5.74, 6) is -0.405. The third-order valence-corrected chi connectivity index (χ3v) is 6.13. The first-order valence-corrected chi connectivity index (χ1v) is 10.2. The average molecular weight is 442 g/mol. The predicted molar refractivity (Wildman–Crippen MR) is 108 cm³/mol. The Morgan fingerprint density at radius 3 is 2.40 bits per heavy atom. The van der Waals surface area contributed by atoms with Crippen LogP contribution in [0.4, 0.5) is 19.0 Å². The second kappa shape index (κ2) is 7.77. The Morgan fingerprint density at radius 2 is 1.80 bits per heavy atom. The van der Waals surface area contributed by atoms with E-state index in [1.54, 1.807) is 17.0 Å². The molecule has 10 heteroatoms. The van der Waals surface area contributed by atoms with Crippen LogP contribution in [0.5, 0.6) is 0 Å². The first-order chi connectivity index (χ1) is 14.1. The fraction of sp³-hybridized carbons (Fsp3) is 0.500. The van der Waals surface area contributed by atoms with Crippen molar-refractivity contribution in [3.05, 3.63) is 46.1 Å². The van der Waals surface area contributed by atoms with Crippen LogP contribution >= 0.6 is 11.6 Å². The lowest BCUT2D eigenvalue weighted by molar-refractivity contribution is -0.173. The van der Waals surface area contributed by atoms with E-state index < -0.39 is 24.2 Å². The van der Waals surface area contributed by atoms with Crippen molar-refractivity contribution in [1.82, 2.24) is 19.6 Å². The standard InChI is InChI=1S/C20H23ClF3N5O/c1-12-3-5-13(6-4-12)14-11-15(20(22,23)24)29-18(25-14)16(21)17(26-29)19(30)28-9-7-27(2)8-10-28/h3-6,14-15,25H,7-11H2,1-2H3/t14-,15+/m1/s1. The zero-order valence-corrected chi connectivity index (χ0v) is 17.5. The van der Waals surface area contributed by atoms with Gasteiger partial charge in [-0.2, -0.15) is 18.3 Å². The lowest BCUT2D eigenvalue weighted by Gasteiger charge is -2.33. The Morgan fingerprint density at radius 1 is 1.17 bits per heavy atom. The zero-order chi connectivity index (χ0) is 21.6. The van der Waals surface area contributed by atoms with E-state index in [9.17, 15) is 18.0 Å². The number of nitrogens with zero attached hydrogens (tertiary/aromatic N) is 4. The SMILES string of the molecule is Cc1ccc([C@H]2C[C@@H](C(F)(F)F)n3nc(C(=O)N4CCN(C)CC4)c(Cl)c3N2)cc1. The van der Waals surface area contributed by atoms with Crippen molar-refractivity contribution in [3.63, 3.8) is 0 Å². The number of amides is 1. The predicted octanol–water partition coefficient (Wildman–Crippen LogP) is 3.89. The minimum atomic E-state index is -4.52. The number of anilines is 1. The van der Waals surface area contributed by atoms with Crippen LogP contribution in [0.1, 0.15) is 40.1 Å². The number of hydrogen-bond acceptors (Lipinski definition) is 4. The van der Waals surface area contributed by atoms with Crippen LogP contribution in [0.15, 0.2) is 24.3 Å². The molecule has 3 heterocycles. The molecule has 1 amide bonds. The molecular weight excluding hydrogens is 419 g/mol. The summed E-state index contributed by atoms with van der Waals surface area (Å²) < 4.78 is 42.5. The number of rotatable bonds is 2. The lowest BCUT2D eigenvalue weighted by atomic mass is 9.96. The molecule has 30 heavy (non-hydrogen) atoms. The van der Waals surface area contributed by atoms with Gasteiger partial charge in [0.2, 0.25) is 0 Å². The maximum absolute atomic E-state index is 13.9. The minimum Gasteiger partial charge on any atom is -0.362 e. The normalized spacial score (nSPS) is 22.5. The molecule has 1 fully saturated rings. The number of aromatic nitrogens is 2. The summed E-state index contributed by atoms with van der Waals surface area (Å²) in [6, 6.07) is 4.86. The number of alkyl halides is 3. The van der Waals surface area contributed by atoms with Gasteiger partial charge in [-0.25, -0.2) is 4.68 Å². The fourth-order valence-electron chi connectivity index (χ4n) is 3.90. The largest absolute Gasteiger partial charge is 0.410 e. The minimum absolute atomic E-state index is 0.0355. The molecule has 6 nitrogen and oxygen atoms in total. The Hall–Kier alpha value is -2.26. The first kappa shape index (κ1) is 21.0. The van der Waals surface area contributed by atoms with Crippen molar-refractivity contribution in [2.75, 3.05) is 38.5 Å². The molecule has 2 aromatic rings. The Kier molecular flexibility index (Phi) is 5.44. The van der Waals surface area contributed by atoms with Crippen molar-refractivity contribution < 1.29 is 18.0 Å².